The number of esters is 1. The molecule has 1 saturated heterocycles. The quantitative estimate of drug-likeness (QED) is 0.439. The van der Waals surface area contributed by atoms with E-state index in [0.717, 1.165) is 37.6 Å². The summed E-state index contributed by atoms with van der Waals surface area (Å²) >= 11 is 0. The smallest absolute Gasteiger partial charge is 0.339 e. The Bertz CT molecular complexity index is 1310. The number of nitrogen functional groups attached to an aromatic ring is 1. The van der Waals surface area contributed by atoms with Crippen molar-refractivity contribution in [2.24, 2.45) is 0 Å². The van der Waals surface area contributed by atoms with E-state index in [1.807, 2.05) is 35.2 Å². The summed E-state index contributed by atoms with van der Waals surface area (Å²) in [6.45, 7) is 4.03. The van der Waals surface area contributed by atoms with Crippen LogP contribution in [-0.4, -0.2) is 66.2 Å². The van der Waals surface area contributed by atoms with Crippen molar-refractivity contribution in [1.29, 1.82) is 0 Å². The van der Waals surface area contributed by atoms with Gasteiger partial charge in [0, 0.05) is 43.8 Å². The molecule has 2 aromatic carbocycles. The minimum atomic E-state index is -0.439. The molecule has 3 heterocycles. The van der Waals surface area contributed by atoms with Gasteiger partial charge < -0.3 is 25.3 Å². The number of nitrogens with two attached hydrogens (primary N) is 1. The molecule has 9 nitrogen and oxygen atoms in total. The molecule has 4 aromatic rings. The van der Waals surface area contributed by atoms with Gasteiger partial charge in [0.1, 0.15) is 5.52 Å². The molecular formula is C25H27N7O2. The van der Waals surface area contributed by atoms with Crippen LogP contribution >= 0.6 is 0 Å². The van der Waals surface area contributed by atoms with Crippen molar-refractivity contribution in [3.05, 3.63) is 66.4 Å². The van der Waals surface area contributed by atoms with Crippen LogP contribution in [0.3, 0.4) is 0 Å². The third-order valence-corrected chi connectivity index (χ3v) is 6.15. The number of hydrogen-bond donors (Lipinski definition) is 2. The summed E-state index contributed by atoms with van der Waals surface area (Å²) in [5.74, 6) is 0.262. The summed E-state index contributed by atoms with van der Waals surface area (Å²) in [6.07, 6.45) is 1.77. The van der Waals surface area contributed by atoms with Crippen LogP contribution in [0, 0.1) is 0 Å². The number of H-pyrrole nitrogens is 1. The number of hydrogen-bond acceptors (Lipinski definition) is 8. The van der Waals surface area contributed by atoms with Gasteiger partial charge in [-0.1, -0.05) is 12.1 Å². The predicted molar refractivity (Wildman–Crippen MR) is 134 cm³/mol. The molecule has 174 valence electrons. The first-order valence-electron chi connectivity index (χ1n) is 11.2. The minimum Gasteiger partial charge on any atom is -0.465 e. The Balaban J connectivity index is 1.61. The first-order valence-corrected chi connectivity index (χ1v) is 11.2. The number of benzene rings is 2. The van der Waals surface area contributed by atoms with Crippen molar-refractivity contribution >= 4 is 45.8 Å². The van der Waals surface area contributed by atoms with Crippen LogP contribution in [0.4, 0.5) is 28.8 Å². The van der Waals surface area contributed by atoms with Crippen molar-refractivity contribution in [2.75, 3.05) is 55.9 Å². The summed E-state index contributed by atoms with van der Waals surface area (Å²) in [6, 6.07) is 17.3. The van der Waals surface area contributed by atoms with Crippen LogP contribution in [0.5, 0.6) is 0 Å². The minimum absolute atomic E-state index is 0.333. The van der Waals surface area contributed by atoms with Gasteiger partial charge in [-0.2, -0.15) is 4.98 Å². The Labute approximate surface area is 197 Å². The SMILES string of the molecule is COC(=O)c1ccccc1N(c1ccc(N2CCN(C)CC2)cc1)c1nc(N)c2[nH]ccc2n1. The zero-order chi connectivity index (χ0) is 23.7. The maximum Gasteiger partial charge on any atom is 0.339 e. The molecule has 0 radical (unpaired) electrons. The van der Waals surface area contributed by atoms with Crippen molar-refractivity contribution in [1.82, 2.24) is 19.9 Å². The Morgan fingerprint density at radius 2 is 1.76 bits per heavy atom. The monoisotopic (exact) mass is 457 g/mol. The van der Waals surface area contributed by atoms with Crippen molar-refractivity contribution in [2.45, 2.75) is 0 Å². The highest BCUT2D eigenvalue weighted by atomic mass is 16.5. The number of carbonyl (C=O) groups excluding carboxylic acids is 1. The van der Waals surface area contributed by atoms with Gasteiger partial charge in [-0.3, -0.25) is 4.90 Å². The molecule has 1 aliphatic rings. The van der Waals surface area contributed by atoms with Crippen molar-refractivity contribution < 1.29 is 9.53 Å². The molecule has 0 bridgehead atoms. The van der Waals surface area contributed by atoms with Crippen molar-refractivity contribution in [3.8, 4) is 0 Å². The normalized spacial score (nSPS) is 14.4. The lowest BCUT2D eigenvalue weighted by Crippen LogP contribution is -2.44. The summed E-state index contributed by atoms with van der Waals surface area (Å²) in [5.41, 5.74) is 10.6. The highest BCUT2D eigenvalue weighted by Crippen LogP contribution is 2.37. The number of likely N-dealkylation sites (N-methyl/N-ethyl adjacent to an activating group) is 1. The van der Waals surface area contributed by atoms with Crippen LogP contribution in [-0.2, 0) is 4.74 Å². The van der Waals surface area contributed by atoms with Gasteiger partial charge in [-0.15, -0.1) is 0 Å². The fourth-order valence-corrected chi connectivity index (χ4v) is 4.25. The third kappa shape index (κ3) is 4.01. The number of para-hydroxylation sites is 1. The standard InChI is InChI=1S/C25H27N7O2/c1-30-13-15-31(16-14-30)17-7-9-18(10-8-17)32(21-6-4-3-5-19(21)24(33)34-2)25-28-20-11-12-27-22(20)23(26)29-25/h3-12,27H,13-16H2,1-2H3,(H2,26,28,29). The number of fused-ring (bicyclic) bond motifs is 1. The zero-order valence-electron chi connectivity index (χ0n) is 19.2. The van der Waals surface area contributed by atoms with Crippen molar-refractivity contribution in [3.63, 3.8) is 0 Å². The molecule has 1 fully saturated rings. The Hall–Kier alpha value is -4.11. The van der Waals surface area contributed by atoms with Crippen LogP contribution in [0.25, 0.3) is 11.0 Å². The van der Waals surface area contributed by atoms with Gasteiger partial charge in [0.25, 0.3) is 0 Å². The molecule has 5 rings (SSSR count). The first-order chi connectivity index (χ1) is 16.5. The molecule has 34 heavy (non-hydrogen) atoms. The van der Waals surface area contributed by atoms with E-state index in [0.29, 0.717) is 34.1 Å². The Kier molecular flexibility index (Phi) is 5.77. The van der Waals surface area contributed by atoms with E-state index < -0.39 is 5.97 Å². The van der Waals surface area contributed by atoms with Gasteiger partial charge >= 0.3 is 5.97 Å². The average Bonchev–Trinajstić information content (AvgIpc) is 3.35. The number of aromatic amines is 1. The fraction of sp³-hybridized carbons (Fsp3) is 0.240. The molecule has 0 unspecified atom stereocenters. The van der Waals surface area contributed by atoms with E-state index in [-0.39, 0.29) is 0 Å². The zero-order valence-corrected chi connectivity index (χ0v) is 19.2. The number of ether oxygens (including phenoxy) is 1. The maximum atomic E-state index is 12.6. The molecule has 0 aliphatic carbocycles. The average molecular weight is 458 g/mol. The number of nitrogens with zero attached hydrogens (tertiary/aromatic N) is 5. The summed E-state index contributed by atoms with van der Waals surface area (Å²) < 4.78 is 5.04. The Morgan fingerprint density at radius 1 is 1.03 bits per heavy atom. The molecule has 3 N–H and O–H groups in total. The van der Waals surface area contributed by atoms with E-state index >= 15 is 0 Å². The number of rotatable bonds is 5. The molecule has 1 aliphatic heterocycles. The lowest BCUT2D eigenvalue weighted by molar-refractivity contribution is 0.0601. The van der Waals surface area contributed by atoms with Gasteiger partial charge in [0.05, 0.1) is 23.9 Å². The number of piperazine rings is 1. The van der Waals surface area contributed by atoms with Crippen LogP contribution < -0.4 is 15.5 Å². The van der Waals surface area contributed by atoms with Crippen LogP contribution in [0.1, 0.15) is 10.4 Å². The predicted octanol–water partition coefficient (Wildman–Crippen LogP) is 3.55. The van der Waals surface area contributed by atoms with E-state index in [4.69, 9.17) is 15.5 Å². The summed E-state index contributed by atoms with van der Waals surface area (Å²) in [7, 11) is 3.51. The van der Waals surface area contributed by atoms with E-state index in [1.165, 1.54) is 7.11 Å². The lowest BCUT2D eigenvalue weighted by Gasteiger charge is -2.34. The van der Waals surface area contributed by atoms with Crippen LogP contribution in [0.2, 0.25) is 0 Å². The fourth-order valence-electron chi connectivity index (χ4n) is 4.25. The number of nitrogens with one attached hydrogen (secondary N) is 1. The molecular weight excluding hydrogens is 430 g/mol. The first kappa shape index (κ1) is 21.7. The second-order valence-electron chi connectivity index (χ2n) is 8.30. The van der Waals surface area contributed by atoms with Gasteiger partial charge in [-0.25, -0.2) is 9.78 Å². The molecule has 0 saturated carbocycles. The van der Waals surface area contributed by atoms with Gasteiger partial charge in [-0.05, 0) is 49.5 Å². The number of methoxy groups -OCH3 is 1. The van der Waals surface area contributed by atoms with Gasteiger partial charge in [0.15, 0.2) is 5.82 Å². The second kappa shape index (κ2) is 9.03. The summed E-state index contributed by atoms with van der Waals surface area (Å²) in [4.78, 5) is 31.5. The highest BCUT2D eigenvalue weighted by molar-refractivity contribution is 5.98. The number of carbonyl (C=O) groups is 1. The maximum absolute atomic E-state index is 12.6. The topological polar surface area (TPSA) is 104 Å². The lowest BCUT2D eigenvalue weighted by atomic mass is 10.1. The Morgan fingerprint density at radius 3 is 2.50 bits per heavy atom. The van der Waals surface area contributed by atoms with Gasteiger partial charge in [0.2, 0.25) is 5.95 Å². The van der Waals surface area contributed by atoms with E-state index in [2.05, 4.69) is 38.9 Å². The molecule has 9 heteroatoms. The third-order valence-electron chi connectivity index (χ3n) is 6.15. The molecule has 0 atom stereocenters. The molecule has 2 aromatic heterocycles. The number of aromatic nitrogens is 3. The second-order valence-corrected chi connectivity index (χ2v) is 8.30. The van der Waals surface area contributed by atoms with E-state index in [9.17, 15) is 4.79 Å². The van der Waals surface area contributed by atoms with Crippen LogP contribution in [0.15, 0.2) is 60.8 Å². The largest absolute Gasteiger partial charge is 0.465 e. The summed E-state index contributed by atoms with van der Waals surface area (Å²) in [5, 5.41) is 0. The molecule has 0 amide bonds. The highest BCUT2D eigenvalue weighted by Gasteiger charge is 2.23. The van der Waals surface area contributed by atoms with E-state index in [1.54, 1.807) is 18.3 Å². The number of anilines is 5. The molecule has 0 spiro atoms.